The largest absolute Gasteiger partial charge is 0.345 e. The second-order valence-corrected chi connectivity index (χ2v) is 7.19. The van der Waals surface area contributed by atoms with Crippen LogP contribution < -0.4 is 5.32 Å². The molecule has 2 rings (SSSR count). The smallest absolute Gasteiger partial charge is 0.251 e. The van der Waals surface area contributed by atoms with Crippen LogP contribution in [0.2, 0.25) is 10.0 Å². The second-order valence-electron chi connectivity index (χ2n) is 4.52. The highest BCUT2D eigenvalue weighted by Gasteiger charge is 2.15. The molecule has 110 valence electrons. The van der Waals surface area contributed by atoms with Gasteiger partial charge in [0.15, 0.2) is 0 Å². The lowest BCUT2D eigenvalue weighted by atomic mass is 10.1. The minimum atomic E-state index is -0.222. The Morgan fingerprint density at radius 3 is 2.29 bits per heavy atom. The van der Waals surface area contributed by atoms with Gasteiger partial charge in [0, 0.05) is 24.6 Å². The molecule has 2 aromatic carbocycles. The van der Waals surface area contributed by atoms with E-state index in [0.717, 1.165) is 14.5 Å². The van der Waals surface area contributed by atoms with Gasteiger partial charge in [0.25, 0.3) is 5.91 Å². The number of hydrogen-bond donors (Lipinski definition) is 1. The van der Waals surface area contributed by atoms with E-state index in [1.165, 1.54) is 0 Å². The van der Waals surface area contributed by atoms with Crippen LogP contribution in [0.1, 0.15) is 28.9 Å². The van der Waals surface area contributed by atoms with Crippen LogP contribution in [0.3, 0.4) is 0 Å². The van der Waals surface area contributed by atoms with Crippen molar-refractivity contribution in [3.8, 4) is 0 Å². The zero-order valence-corrected chi connectivity index (χ0v) is 15.6. The maximum Gasteiger partial charge on any atom is 0.251 e. The van der Waals surface area contributed by atoms with E-state index in [0.29, 0.717) is 15.6 Å². The Kier molecular flexibility index (Phi) is 5.72. The van der Waals surface area contributed by atoms with E-state index in [2.05, 4.69) is 37.2 Å². The van der Waals surface area contributed by atoms with E-state index in [1.807, 2.05) is 19.1 Å². The minimum Gasteiger partial charge on any atom is -0.345 e. The molecular formula is C15H11Br2Cl2NO. The molecule has 1 amide bonds. The summed E-state index contributed by atoms with van der Waals surface area (Å²) in [5.41, 5.74) is 1.39. The molecule has 0 bridgehead atoms. The van der Waals surface area contributed by atoms with Gasteiger partial charge in [-0.25, -0.2) is 0 Å². The fourth-order valence-corrected chi connectivity index (χ4v) is 3.76. The molecular weight excluding hydrogens is 441 g/mol. The summed E-state index contributed by atoms with van der Waals surface area (Å²) in [6.45, 7) is 1.88. The topological polar surface area (TPSA) is 29.1 Å². The van der Waals surface area contributed by atoms with Crippen LogP contribution in [0.4, 0.5) is 0 Å². The Balaban J connectivity index is 2.18. The van der Waals surface area contributed by atoms with Crippen molar-refractivity contribution in [2.75, 3.05) is 0 Å². The normalized spacial score (nSPS) is 12.0. The minimum absolute atomic E-state index is 0.171. The first-order valence-corrected chi connectivity index (χ1v) is 8.43. The molecule has 0 fully saturated rings. The van der Waals surface area contributed by atoms with E-state index >= 15 is 0 Å². The quantitative estimate of drug-likeness (QED) is 0.608. The Hall–Kier alpha value is -0.550. The SMILES string of the molecule is CC(NC(=O)c1cc(Br)cc(Br)c1)c1ccc(Cl)cc1Cl. The molecule has 2 aromatic rings. The molecule has 0 spiro atoms. The van der Waals surface area contributed by atoms with Crippen LogP contribution in [0.5, 0.6) is 0 Å². The number of nitrogens with one attached hydrogen (secondary N) is 1. The number of halogens is 4. The number of amides is 1. The maximum absolute atomic E-state index is 12.3. The Morgan fingerprint density at radius 1 is 1.10 bits per heavy atom. The Labute approximate surface area is 150 Å². The first-order valence-electron chi connectivity index (χ1n) is 6.08. The van der Waals surface area contributed by atoms with E-state index in [9.17, 15) is 4.79 Å². The van der Waals surface area contributed by atoms with Crippen LogP contribution in [0, 0.1) is 0 Å². The summed E-state index contributed by atoms with van der Waals surface area (Å²) in [6.07, 6.45) is 0. The third-order valence-electron chi connectivity index (χ3n) is 2.90. The van der Waals surface area contributed by atoms with Crippen molar-refractivity contribution in [1.82, 2.24) is 5.32 Å². The zero-order valence-electron chi connectivity index (χ0n) is 11.0. The van der Waals surface area contributed by atoms with Crippen molar-refractivity contribution in [1.29, 1.82) is 0 Å². The molecule has 2 nitrogen and oxygen atoms in total. The van der Waals surface area contributed by atoms with Crippen LogP contribution in [-0.2, 0) is 0 Å². The van der Waals surface area contributed by atoms with Gasteiger partial charge < -0.3 is 5.32 Å². The van der Waals surface area contributed by atoms with Gasteiger partial charge in [0.05, 0.1) is 6.04 Å². The molecule has 0 heterocycles. The van der Waals surface area contributed by atoms with Crippen LogP contribution in [-0.4, -0.2) is 5.91 Å². The highest BCUT2D eigenvalue weighted by Crippen LogP contribution is 2.27. The summed E-state index contributed by atoms with van der Waals surface area (Å²) in [5.74, 6) is -0.171. The third-order valence-corrected chi connectivity index (χ3v) is 4.38. The monoisotopic (exact) mass is 449 g/mol. The third kappa shape index (κ3) is 4.46. The van der Waals surface area contributed by atoms with E-state index < -0.39 is 0 Å². The molecule has 21 heavy (non-hydrogen) atoms. The molecule has 0 saturated carbocycles. The van der Waals surface area contributed by atoms with Crippen LogP contribution in [0.15, 0.2) is 45.3 Å². The van der Waals surface area contributed by atoms with Gasteiger partial charge in [-0.05, 0) is 42.8 Å². The molecule has 0 aliphatic rings. The van der Waals surface area contributed by atoms with Gasteiger partial charge >= 0.3 is 0 Å². The highest BCUT2D eigenvalue weighted by molar-refractivity contribution is 9.11. The fraction of sp³-hybridized carbons (Fsp3) is 0.133. The first kappa shape index (κ1) is 16.8. The Morgan fingerprint density at radius 2 is 1.71 bits per heavy atom. The predicted octanol–water partition coefficient (Wildman–Crippen LogP) is 6.01. The number of rotatable bonds is 3. The molecule has 1 atom stereocenters. The van der Waals surface area contributed by atoms with Crippen molar-refractivity contribution in [3.63, 3.8) is 0 Å². The van der Waals surface area contributed by atoms with Gasteiger partial charge in [-0.3, -0.25) is 4.79 Å². The molecule has 0 saturated heterocycles. The number of hydrogen-bond acceptors (Lipinski definition) is 1. The Bertz CT molecular complexity index is 671. The van der Waals surface area contributed by atoms with Gasteiger partial charge in [-0.15, -0.1) is 0 Å². The lowest BCUT2D eigenvalue weighted by Gasteiger charge is -2.16. The predicted molar refractivity (Wildman–Crippen MR) is 94.2 cm³/mol. The maximum atomic E-state index is 12.3. The van der Waals surface area contributed by atoms with Crippen LogP contribution >= 0.6 is 55.1 Å². The molecule has 1 unspecified atom stereocenters. The van der Waals surface area contributed by atoms with Crippen molar-refractivity contribution >= 4 is 61.0 Å². The number of carbonyl (C=O) groups is 1. The van der Waals surface area contributed by atoms with Gasteiger partial charge in [0.1, 0.15) is 0 Å². The fourth-order valence-electron chi connectivity index (χ4n) is 1.90. The molecule has 6 heteroatoms. The highest BCUT2D eigenvalue weighted by atomic mass is 79.9. The second kappa shape index (κ2) is 7.14. The number of benzene rings is 2. The standard InChI is InChI=1S/C15H11Br2Cl2NO/c1-8(13-3-2-12(18)7-14(13)19)20-15(21)9-4-10(16)6-11(17)5-9/h2-8H,1H3,(H,20,21). The summed E-state index contributed by atoms with van der Waals surface area (Å²) in [5, 5.41) is 4.02. The summed E-state index contributed by atoms with van der Waals surface area (Å²) < 4.78 is 1.67. The van der Waals surface area contributed by atoms with Crippen LogP contribution in [0.25, 0.3) is 0 Å². The van der Waals surface area contributed by atoms with Crippen molar-refractivity contribution in [2.24, 2.45) is 0 Å². The van der Waals surface area contributed by atoms with Gasteiger partial charge in [-0.2, -0.15) is 0 Å². The van der Waals surface area contributed by atoms with Crippen molar-refractivity contribution in [2.45, 2.75) is 13.0 Å². The molecule has 1 N–H and O–H groups in total. The summed E-state index contributed by atoms with van der Waals surface area (Å²) in [4.78, 5) is 12.3. The molecule has 0 aromatic heterocycles. The molecule has 0 aliphatic heterocycles. The lowest BCUT2D eigenvalue weighted by Crippen LogP contribution is -2.26. The number of carbonyl (C=O) groups excluding carboxylic acids is 1. The van der Waals surface area contributed by atoms with E-state index in [1.54, 1.807) is 24.3 Å². The average Bonchev–Trinajstić information content (AvgIpc) is 2.37. The summed E-state index contributed by atoms with van der Waals surface area (Å²) in [6, 6.07) is 10.4. The first-order chi connectivity index (χ1) is 9.86. The molecule has 0 radical (unpaired) electrons. The summed E-state index contributed by atoms with van der Waals surface area (Å²) >= 11 is 18.8. The molecule has 0 aliphatic carbocycles. The van der Waals surface area contributed by atoms with Gasteiger partial charge in [0.2, 0.25) is 0 Å². The lowest BCUT2D eigenvalue weighted by molar-refractivity contribution is 0.0940. The van der Waals surface area contributed by atoms with Gasteiger partial charge in [-0.1, -0.05) is 61.1 Å². The van der Waals surface area contributed by atoms with E-state index in [-0.39, 0.29) is 11.9 Å². The zero-order chi connectivity index (χ0) is 15.6. The van der Waals surface area contributed by atoms with E-state index in [4.69, 9.17) is 23.2 Å². The van der Waals surface area contributed by atoms with Crippen molar-refractivity contribution in [3.05, 3.63) is 66.5 Å². The summed E-state index contributed by atoms with van der Waals surface area (Å²) in [7, 11) is 0. The average molecular weight is 452 g/mol. The van der Waals surface area contributed by atoms with Crippen molar-refractivity contribution < 1.29 is 4.79 Å².